The molecule has 1 heterocycles. The number of pyridine rings is 1. The molecule has 0 atom stereocenters. The molecule has 0 radical (unpaired) electrons. The van der Waals surface area contributed by atoms with E-state index in [1.165, 1.54) is 0 Å². The van der Waals surface area contributed by atoms with Crippen LogP contribution in [0.4, 0.5) is 5.69 Å². The Morgan fingerprint density at radius 1 is 1.00 bits per heavy atom. The van der Waals surface area contributed by atoms with Gasteiger partial charge in [-0.1, -0.05) is 56.3 Å². The van der Waals surface area contributed by atoms with Gasteiger partial charge < -0.3 is 15.7 Å². The Morgan fingerprint density at radius 3 is 2.44 bits per heavy atom. The van der Waals surface area contributed by atoms with Crippen molar-refractivity contribution in [3.63, 3.8) is 0 Å². The lowest BCUT2D eigenvalue weighted by Gasteiger charge is -2.15. The molecule has 1 aromatic heterocycles. The Labute approximate surface area is 212 Å². The van der Waals surface area contributed by atoms with E-state index in [4.69, 9.17) is 5.11 Å². The zero-order valence-corrected chi connectivity index (χ0v) is 20.6. The number of nitrogens with one attached hydrogen (secondary N) is 2. The summed E-state index contributed by atoms with van der Waals surface area (Å²) < 4.78 is 0. The highest BCUT2D eigenvalue weighted by atomic mass is 16.4. The highest BCUT2D eigenvalue weighted by Gasteiger charge is 2.10. The van der Waals surface area contributed by atoms with Crippen LogP contribution in [-0.2, 0) is 4.79 Å². The maximum absolute atomic E-state index is 12.7. The van der Waals surface area contributed by atoms with E-state index in [-0.39, 0.29) is 12.3 Å². The summed E-state index contributed by atoms with van der Waals surface area (Å²) in [5.41, 5.74) is 4.13. The van der Waals surface area contributed by atoms with Gasteiger partial charge in [0, 0.05) is 42.2 Å². The number of aliphatic carboxylic acids is 1. The van der Waals surface area contributed by atoms with E-state index in [0.717, 1.165) is 22.4 Å². The first-order valence-corrected chi connectivity index (χ1v) is 12.0. The summed E-state index contributed by atoms with van der Waals surface area (Å²) in [4.78, 5) is 32.2. The normalized spacial score (nSPS) is 11.9. The van der Waals surface area contributed by atoms with Crippen LogP contribution in [0, 0.1) is 5.92 Å². The van der Waals surface area contributed by atoms with Gasteiger partial charge in [0.15, 0.2) is 0 Å². The van der Waals surface area contributed by atoms with Gasteiger partial charge in [-0.05, 0) is 60.2 Å². The third kappa shape index (κ3) is 8.51. The molecule has 0 bridgehead atoms. The Balaban J connectivity index is 1.88. The van der Waals surface area contributed by atoms with Crippen LogP contribution >= 0.6 is 0 Å². The summed E-state index contributed by atoms with van der Waals surface area (Å²) in [6.45, 7) is 4.82. The lowest BCUT2D eigenvalue weighted by Crippen LogP contribution is -2.34. The van der Waals surface area contributed by atoms with Crippen molar-refractivity contribution in [2.75, 3.05) is 11.9 Å². The molecule has 3 aromatic rings. The number of carboxylic acids is 1. The molecule has 0 fully saturated rings. The molecule has 0 aliphatic rings. The number of hydrogen-bond donors (Lipinski definition) is 3. The Hall–Kier alpha value is -4.26. The number of hydrogen-bond acceptors (Lipinski definition) is 3. The number of amides is 1. The van der Waals surface area contributed by atoms with Gasteiger partial charge in [-0.15, -0.1) is 0 Å². The van der Waals surface area contributed by atoms with Crippen molar-refractivity contribution in [1.82, 2.24) is 10.3 Å². The van der Waals surface area contributed by atoms with E-state index in [0.29, 0.717) is 36.8 Å². The number of anilines is 1. The highest BCUT2D eigenvalue weighted by molar-refractivity contribution is 6.06. The zero-order chi connectivity index (χ0) is 25.8. The minimum Gasteiger partial charge on any atom is -0.481 e. The second-order valence-electron chi connectivity index (χ2n) is 8.76. The number of carboxylic acid groups (broad SMARTS) is 1. The SMILES string of the molecule is CC(C)CN/C(=N/C(=O)c1ccccc1)Nc1cccc(/C(=C\CCCC(=O)O)c2cccnc2)c1. The summed E-state index contributed by atoms with van der Waals surface area (Å²) in [5, 5.41) is 15.5. The van der Waals surface area contributed by atoms with Crippen molar-refractivity contribution in [2.24, 2.45) is 10.9 Å². The second-order valence-corrected chi connectivity index (χ2v) is 8.76. The predicted octanol–water partition coefficient (Wildman–Crippen LogP) is 5.62. The van der Waals surface area contributed by atoms with Gasteiger partial charge in [0.25, 0.3) is 5.91 Å². The zero-order valence-electron chi connectivity index (χ0n) is 20.6. The molecule has 0 aliphatic carbocycles. The molecule has 0 saturated carbocycles. The summed E-state index contributed by atoms with van der Waals surface area (Å²) in [6.07, 6.45) is 6.85. The number of benzene rings is 2. The van der Waals surface area contributed by atoms with Gasteiger partial charge in [-0.2, -0.15) is 4.99 Å². The number of guanidine groups is 1. The Bertz CT molecular complexity index is 1210. The van der Waals surface area contributed by atoms with E-state index >= 15 is 0 Å². The van der Waals surface area contributed by atoms with E-state index in [9.17, 15) is 9.59 Å². The highest BCUT2D eigenvalue weighted by Crippen LogP contribution is 2.26. The van der Waals surface area contributed by atoms with Gasteiger partial charge in [-0.3, -0.25) is 14.6 Å². The molecule has 3 rings (SSSR count). The maximum atomic E-state index is 12.7. The molecular formula is C29H32N4O3. The van der Waals surface area contributed by atoms with E-state index in [1.54, 1.807) is 24.5 Å². The third-order valence-corrected chi connectivity index (χ3v) is 5.26. The van der Waals surface area contributed by atoms with Crippen molar-refractivity contribution >= 4 is 29.1 Å². The number of rotatable bonds is 10. The van der Waals surface area contributed by atoms with E-state index in [2.05, 4.69) is 34.5 Å². The average molecular weight is 485 g/mol. The van der Waals surface area contributed by atoms with E-state index in [1.807, 2.05) is 60.7 Å². The van der Waals surface area contributed by atoms with Gasteiger partial charge in [0.1, 0.15) is 0 Å². The second kappa shape index (κ2) is 13.6. The van der Waals surface area contributed by atoms with Crippen LogP contribution in [0.5, 0.6) is 0 Å². The van der Waals surface area contributed by atoms with Crippen molar-refractivity contribution in [1.29, 1.82) is 0 Å². The molecule has 36 heavy (non-hydrogen) atoms. The molecule has 7 heteroatoms. The minimum atomic E-state index is -0.803. The van der Waals surface area contributed by atoms with Crippen LogP contribution in [0.1, 0.15) is 54.6 Å². The largest absolute Gasteiger partial charge is 0.481 e. The van der Waals surface area contributed by atoms with Crippen molar-refractivity contribution in [3.05, 3.63) is 102 Å². The third-order valence-electron chi connectivity index (χ3n) is 5.26. The summed E-state index contributed by atoms with van der Waals surface area (Å²) >= 11 is 0. The van der Waals surface area contributed by atoms with E-state index < -0.39 is 5.97 Å². The first kappa shape index (κ1) is 26.3. The number of nitrogens with zero attached hydrogens (tertiary/aromatic N) is 2. The predicted molar refractivity (Wildman–Crippen MR) is 144 cm³/mol. The number of aliphatic imine (C=N–C) groups is 1. The number of allylic oxidation sites excluding steroid dienone is 1. The maximum Gasteiger partial charge on any atom is 0.303 e. The molecule has 186 valence electrons. The first-order valence-electron chi connectivity index (χ1n) is 12.0. The van der Waals surface area contributed by atoms with Crippen LogP contribution in [0.3, 0.4) is 0 Å². The van der Waals surface area contributed by atoms with Crippen LogP contribution in [-0.4, -0.2) is 34.5 Å². The molecule has 3 N–H and O–H groups in total. The summed E-state index contributed by atoms with van der Waals surface area (Å²) in [7, 11) is 0. The molecule has 7 nitrogen and oxygen atoms in total. The lowest BCUT2D eigenvalue weighted by atomic mass is 9.97. The number of unbranched alkanes of at least 4 members (excludes halogenated alkanes) is 1. The number of aromatic nitrogens is 1. The van der Waals surface area contributed by atoms with Crippen LogP contribution in [0.25, 0.3) is 5.57 Å². The van der Waals surface area contributed by atoms with Crippen LogP contribution in [0.2, 0.25) is 0 Å². The monoisotopic (exact) mass is 484 g/mol. The standard InChI is InChI=1S/C29H32N4O3/c1-21(2)19-31-29(33-28(36)22-10-4-3-5-11-22)32-25-14-8-12-23(18-25)26(15-6-7-16-27(34)35)24-13-9-17-30-20-24/h3-5,8-15,17-18,20-21H,6-7,16,19H2,1-2H3,(H,34,35)(H2,31,32,33,36)/b26-15+. The molecular weight excluding hydrogens is 452 g/mol. The smallest absolute Gasteiger partial charge is 0.303 e. The fourth-order valence-corrected chi connectivity index (χ4v) is 3.48. The van der Waals surface area contributed by atoms with Gasteiger partial charge in [0.2, 0.25) is 5.96 Å². The molecule has 2 aromatic carbocycles. The minimum absolute atomic E-state index is 0.120. The lowest BCUT2D eigenvalue weighted by molar-refractivity contribution is -0.137. The van der Waals surface area contributed by atoms with Gasteiger partial charge >= 0.3 is 5.97 Å². The fourth-order valence-electron chi connectivity index (χ4n) is 3.48. The fraction of sp³-hybridized carbons (Fsp3) is 0.241. The molecule has 0 unspecified atom stereocenters. The van der Waals surface area contributed by atoms with Gasteiger partial charge in [0.05, 0.1) is 0 Å². The quantitative estimate of drug-likeness (QED) is 0.196. The topological polar surface area (TPSA) is 104 Å². The average Bonchev–Trinajstić information content (AvgIpc) is 2.88. The summed E-state index contributed by atoms with van der Waals surface area (Å²) in [5.74, 6) is -0.396. The van der Waals surface area contributed by atoms with Crippen LogP contribution in [0.15, 0.2) is 90.2 Å². The summed E-state index contributed by atoms with van der Waals surface area (Å²) in [6, 6.07) is 20.6. The molecule has 0 saturated heterocycles. The van der Waals surface area contributed by atoms with Gasteiger partial charge in [-0.25, -0.2) is 0 Å². The molecule has 0 aliphatic heterocycles. The van der Waals surface area contributed by atoms with Crippen molar-refractivity contribution < 1.29 is 14.7 Å². The van der Waals surface area contributed by atoms with Crippen molar-refractivity contribution in [2.45, 2.75) is 33.1 Å². The molecule has 1 amide bonds. The first-order chi connectivity index (χ1) is 17.4. The van der Waals surface area contributed by atoms with Crippen molar-refractivity contribution in [3.8, 4) is 0 Å². The molecule has 0 spiro atoms. The van der Waals surface area contributed by atoms with Crippen LogP contribution < -0.4 is 10.6 Å². The Morgan fingerprint density at radius 2 is 1.75 bits per heavy atom. The number of carbonyl (C=O) groups excluding carboxylic acids is 1. The Kier molecular flexibility index (Phi) is 9.94. The number of carbonyl (C=O) groups is 2.